The molecule has 0 aromatic heterocycles. The van der Waals surface area contributed by atoms with Gasteiger partial charge in [0.1, 0.15) is 0 Å². The Kier molecular flexibility index (Phi) is 7.40. The Morgan fingerprint density at radius 1 is 1.26 bits per heavy atom. The Morgan fingerprint density at radius 3 is 2.42 bits per heavy atom. The van der Waals surface area contributed by atoms with Gasteiger partial charge in [-0.15, -0.1) is 0 Å². The molecule has 1 rings (SSSR count). The summed E-state index contributed by atoms with van der Waals surface area (Å²) in [6, 6.07) is 0. The van der Waals surface area contributed by atoms with Crippen LogP contribution < -0.4 is 0 Å². The maximum Gasteiger partial charge on any atom is 0.245 e. The molecule has 0 heterocycles. The maximum atomic E-state index is 10.7. The molecule has 0 N–H and O–H groups in total. The third-order valence-electron chi connectivity index (χ3n) is 3.91. The fraction of sp³-hybridized carbons (Fsp3) is 0.688. The predicted molar refractivity (Wildman–Crippen MR) is 80.3 cm³/mol. The van der Waals surface area contributed by atoms with Crippen molar-refractivity contribution in [2.75, 3.05) is 7.11 Å². The highest BCUT2D eigenvalue weighted by Crippen LogP contribution is 2.31. The van der Waals surface area contributed by atoms with E-state index in [1.807, 2.05) is 6.92 Å². The molecule has 1 saturated carbocycles. The molecule has 0 amide bonds. The first kappa shape index (κ1) is 16.5. The molecule has 0 bridgehead atoms. The standard InChI is InChI=1S/C16H25ClO2/c1-12(9-10-15(17)18)11-13(2)16(19-3)14-7-5-4-6-8-14/h9-11,13-14,16H,4-8H2,1-3H3/b10-9+,12-11+. The summed E-state index contributed by atoms with van der Waals surface area (Å²) in [5.41, 5.74) is 1.05. The summed E-state index contributed by atoms with van der Waals surface area (Å²) < 4.78 is 5.72. The van der Waals surface area contributed by atoms with E-state index in [1.165, 1.54) is 38.2 Å². The van der Waals surface area contributed by atoms with Gasteiger partial charge in [0.25, 0.3) is 0 Å². The molecular formula is C16H25ClO2. The lowest BCUT2D eigenvalue weighted by molar-refractivity contribution is -0.107. The zero-order valence-corrected chi connectivity index (χ0v) is 13.0. The highest BCUT2D eigenvalue weighted by Gasteiger charge is 2.26. The van der Waals surface area contributed by atoms with Crippen molar-refractivity contribution in [3.8, 4) is 0 Å². The van der Waals surface area contributed by atoms with Gasteiger partial charge in [-0.1, -0.05) is 43.9 Å². The van der Waals surface area contributed by atoms with Crippen molar-refractivity contribution < 1.29 is 9.53 Å². The molecule has 0 aliphatic heterocycles. The Labute approximate surface area is 121 Å². The number of carbonyl (C=O) groups is 1. The molecule has 19 heavy (non-hydrogen) atoms. The van der Waals surface area contributed by atoms with E-state index >= 15 is 0 Å². The van der Waals surface area contributed by atoms with Gasteiger partial charge in [-0.3, -0.25) is 4.79 Å². The molecule has 108 valence electrons. The normalized spacial score (nSPS) is 21.6. The molecular weight excluding hydrogens is 260 g/mol. The van der Waals surface area contributed by atoms with Crippen molar-refractivity contribution in [3.63, 3.8) is 0 Å². The van der Waals surface area contributed by atoms with Crippen LogP contribution in [0.15, 0.2) is 23.8 Å². The Hall–Kier alpha value is -0.600. The minimum Gasteiger partial charge on any atom is -0.381 e. The summed E-state index contributed by atoms with van der Waals surface area (Å²) >= 11 is 5.29. The summed E-state index contributed by atoms with van der Waals surface area (Å²) in [6.07, 6.45) is 12.1. The van der Waals surface area contributed by atoms with E-state index < -0.39 is 5.24 Å². The van der Waals surface area contributed by atoms with Crippen LogP contribution in [0, 0.1) is 11.8 Å². The van der Waals surface area contributed by atoms with Crippen LogP contribution in [0.1, 0.15) is 46.0 Å². The third kappa shape index (κ3) is 5.92. The largest absolute Gasteiger partial charge is 0.381 e. The lowest BCUT2D eigenvalue weighted by atomic mass is 9.80. The van der Waals surface area contributed by atoms with E-state index in [2.05, 4.69) is 13.0 Å². The van der Waals surface area contributed by atoms with Crippen molar-refractivity contribution in [1.29, 1.82) is 0 Å². The first-order valence-electron chi connectivity index (χ1n) is 7.13. The molecule has 0 saturated heterocycles. The fourth-order valence-corrected chi connectivity index (χ4v) is 3.12. The van der Waals surface area contributed by atoms with Crippen molar-refractivity contribution >= 4 is 16.8 Å². The number of carbonyl (C=O) groups excluding carboxylic acids is 1. The topological polar surface area (TPSA) is 26.3 Å². The Balaban J connectivity index is 2.64. The molecule has 3 heteroatoms. The van der Waals surface area contributed by atoms with Crippen LogP contribution in [-0.2, 0) is 9.53 Å². The highest BCUT2D eigenvalue weighted by molar-refractivity contribution is 6.66. The molecule has 1 aliphatic carbocycles. The second-order valence-electron chi connectivity index (χ2n) is 5.51. The van der Waals surface area contributed by atoms with E-state index in [1.54, 1.807) is 13.2 Å². The SMILES string of the molecule is COC(C(C)/C=C(C)/C=C/C(=O)Cl)C1CCCCC1. The molecule has 0 radical (unpaired) electrons. The van der Waals surface area contributed by atoms with Crippen molar-refractivity contribution in [2.24, 2.45) is 11.8 Å². The van der Waals surface area contributed by atoms with E-state index in [9.17, 15) is 4.79 Å². The van der Waals surface area contributed by atoms with Gasteiger partial charge in [-0.25, -0.2) is 0 Å². The summed E-state index contributed by atoms with van der Waals surface area (Å²) in [6.45, 7) is 4.17. The van der Waals surface area contributed by atoms with Crippen LogP contribution in [0.4, 0.5) is 0 Å². The van der Waals surface area contributed by atoms with Gasteiger partial charge in [0, 0.05) is 13.0 Å². The third-order valence-corrected chi connectivity index (χ3v) is 4.03. The van der Waals surface area contributed by atoms with E-state index in [0.717, 1.165) is 5.57 Å². The van der Waals surface area contributed by atoms with Crippen molar-refractivity contribution in [3.05, 3.63) is 23.8 Å². The number of halogens is 1. The lowest BCUT2D eigenvalue weighted by Gasteiger charge is -2.32. The summed E-state index contributed by atoms with van der Waals surface area (Å²) in [7, 11) is 1.80. The first-order valence-corrected chi connectivity index (χ1v) is 7.51. The van der Waals surface area contributed by atoms with E-state index in [-0.39, 0.29) is 6.10 Å². The quantitative estimate of drug-likeness (QED) is 0.408. The fourth-order valence-electron chi connectivity index (χ4n) is 3.06. The number of ether oxygens (including phenoxy) is 1. The zero-order valence-electron chi connectivity index (χ0n) is 12.2. The molecule has 1 fully saturated rings. The van der Waals surface area contributed by atoms with Crippen molar-refractivity contribution in [1.82, 2.24) is 0 Å². The molecule has 2 atom stereocenters. The van der Waals surface area contributed by atoms with Crippen molar-refractivity contribution in [2.45, 2.75) is 52.1 Å². The van der Waals surface area contributed by atoms with Gasteiger partial charge in [0.15, 0.2) is 0 Å². The summed E-state index contributed by atoms with van der Waals surface area (Å²) in [5, 5.41) is -0.434. The van der Waals surface area contributed by atoms with E-state index in [0.29, 0.717) is 11.8 Å². The second kappa shape index (κ2) is 8.55. The van der Waals surface area contributed by atoms with Gasteiger partial charge < -0.3 is 4.74 Å². The molecule has 2 unspecified atom stereocenters. The van der Waals surface area contributed by atoms with Crippen LogP contribution in [0.5, 0.6) is 0 Å². The smallest absolute Gasteiger partial charge is 0.245 e. The van der Waals surface area contributed by atoms with Gasteiger partial charge in [0.05, 0.1) is 6.10 Å². The average molecular weight is 285 g/mol. The van der Waals surface area contributed by atoms with Gasteiger partial charge >= 0.3 is 0 Å². The summed E-state index contributed by atoms with van der Waals surface area (Å²) in [4.78, 5) is 10.7. The van der Waals surface area contributed by atoms with Crippen LogP contribution in [-0.4, -0.2) is 18.5 Å². The molecule has 0 spiro atoms. The predicted octanol–water partition coefficient (Wildman–Crippen LogP) is 4.49. The maximum absolute atomic E-state index is 10.7. The Bertz CT molecular complexity index is 341. The van der Waals surface area contributed by atoms with E-state index in [4.69, 9.17) is 16.3 Å². The van der Waals surface area contributed by atoms with Crippen LogP contribution in [0.2, 0.25) is 0 Å². The number of rotatable bonds is 6. The zero-order chi connectivity index (χ0) is 14.3. The van der Waals surface area contributed by atoms with Crippen LogP contribution >= 0.6 is 11.6 Å². The van der Waals surface area contributed by atoms with Gasteiger partial charge in [-0.05, 0) is 43.4 Å². The van der Waals surface area contributed by atoms with Crippen LogP contribution in [0.25, 0.3) is 0 Å². The molecule has 1 aliphatic rings. The first-order chi connectivity index (χ1) is 9.04. The molecule has 0 aromatic rings. The number of allylic oxidation sites excluding steroid dienone is 3. The lowest BCUT2D eigenvalue weighted by Crippen LogP contribution is -2.30. The van der Waals surface area contributed by atoms with Crippen LogP contribution in [0.3, 0.4) is 0 Å². The molecule has 0 aromatic carbocycles. The second-order valence-corrected chi connectivity index (χ2v) is 5.88. The monoisotopic (exact) mass is 284 g/mol. The summed E-state index contributed by atoms with van der Waals surface area (Å²) in [5.74, 6) is 1.01. The number of hydrogen-bond donors (Lipinski definition) is 0. The average Bonchev–Trinajstić information content (AvgIpc) is 2.38. The van der Waals surface area contributed by atoms with Gasteiger partial charge in [0.2, 0.25) is 5.24 Å². The minimum atomic E-state index is -0.434. The number of hydrogen-bond acceptors (Lipinski definition) is 2. The highest BCUT2D eigenvalue weighted by atomic mass is 35.5. The number of methoxy groups -OCH3 is 1. The minimum absolute atomic E-state index is 0.273. The van der Waals surface area contributed by atoms with Gasteiger partial charge in [-0.2, -0.15) is 0 Å². The Morgan fingerprint density at radius 2 is 1.89 bits per heavy atom. The molecule has 2 nitrogen and oxygen atoms in total.